The second-order valence-corrected chi connectivity index (χ2v) is 6.36. The Morgan fingerprint density at radius 2 is 2.09 bits per heavy atom. The van der Waals surface area contributed by atoms with Gasteiger partial charge in [0.05, 0.1) is 12.8 Å². The van der Waals surface area contributed by atoms with Crippen LogP contribution in [0.1, 0.15) is 20.9 Å². The van der Waals surface area contributed by atoms with Crippen molar-refractivity contribution in [1.29, 1.82) is 0 Å². The van der Waals surface area contributed by atoms with Gasteiger partial charge < -0.3 is 9.64 Å². The minimum absolute atomic E-state index is 0.0542. The van der Waals surface area contributed by atoms with Crippen LogP contribution in [0.15, 0.2) is 24.3 Å². The van der Waals surface area contributed by atoms with Crippen LogP contribution in [0.5, 0.6) is 5.75 Å². The number of methoxy groups -OCH3 is 1. The number of hydrogen-bond acceptors (Lipinski definition) is 6. The summed E-state index contributed by atoms with van der Waals surface area (Å²) >= 11 is 1.18. The number of aromatic nitrogens is 2. The maximum Gasteiger partial charge on any atom is 0.267 e. The number of ether oxygens (including phenoxy) is 1. The summed E-state index contributed by atoms with van der Waals surface area (Å²) in [6, 6.07) is 8.12. The van der Waals surface area contributed by atoms with E-state index in [2.05, 4.69) is 26.6 Å². The quantitative estimate of drug-likeness (QED) is 0.855. The van der Waals surface area contributed by atoms with Crippen molar-refractivity contribution in [3.8, 4) is 5.75 Å². The van der Waals surface area contributed by atoms with Crippen LogP contribution in [0.3, 0.4) is 0 Å². The molecule has 2 aromatic rings. The first kappa shape index (κ1) is 15.9. The summed E-state index contributed by atoms with van der Waals surface area (Å²) in [5.74, 6) is 0.933. The van der Waals surface area contributed by atoms with E-state index in [0.29, 0.717) is 4.88 Å². The average Bonchev–Trinajstić information content (AvgIpc) is 3.01. The summed E-state index contributed by atoms with van der Waals surface area (Å²) in [5, 5.41) is 3.92. The fourth-order valence-corrected chi connectivity index (χ4v) is 3.33. The van der Waals surface area contributed by atoms with E-state index in [1.807, 2.05) is 24.0 Å². The highest BCUT2D eigenvalue weighted by Gasteiger charge is 2.24. The van der Waals surface area contributed by atoms with Crippen molar-refractivity contribution in [2.75, 3.05) is 33.3 Å². The van der Waals surface area contributed by atoms with Gasteiger partial charge in [-0.3, -0.25) is 9.69 Å². The highest BCUT2D eigenvalue weighted by atomic mass is 32.1. The Kier molecular flexibility index (Phi) is 4.88. The van der Waals surface area contributed by atoms with E-state index in [-0.39, 0.29) is 5.91 Å². The number of rotatable bonds is 4. The van der Waals surface area contributed by atoms with Gasteiger partial charge in [0.25, 0.3) is 5.91 Å². The van der Waals surface area contributed by atoms with Gasteiger partial charge in [-0.2, -0.15) is 0 Å². The summed E-state index contributed by atoms with van der Waals surface area (Å²) in [6.07, 6.45) is 0. The summed E-state index contributed by atoms with van der Waals surface area (Å²) in [7, 11) is 1.68. The molecule has 0 saturated carbocycles. The molecule has 0 bridgehead atoms. The first-order chi connectivity index (χ1) is 11.2. The average molecular weight is 332 g/mol. The first-order valence-corrected chi connectivity index (χ1v) is 8.38. The zero-order valence-electron chi connectivity index (χ0n) is 13.4. The van der Waals surface area contributed by atoms with Gasteiger partial charge in [0, 0.05) is 32.7 Å². The molecule has 122 valence electrons. The number of benzene rings is 1. The molecule has 0 spiro atoms. The highest BCUT2D eigenvalue weighted by molar-refractivity contribution is 7.07. The molecule has 1 aromatic heterocycles. The molecule has 1 aromatic carbocycles. The van der Waals surface area contributed by atoms with Gasteiger partial charge in [0.2, 0.25) is 0 Å². The van der Waals surface area contributed by atoms with Crippen LogP contribution in [0.2, 0.25) is 0 Å². The Hall–Kier alpha value is -1.99. The van der Waals surface area contributed by atoms with Crippen LogP contribution < -0.4 is 4.74 Å². The van der Waals surface area contributed by atoms with Gasteiger partial charge in [0.15, 0.2) is 0 Å². The molecular weight excluding hydrogens is 312 g/mol. The maximum absolute atomic E-state index is 12.5. The molecule has 1 saturated heterocycles. The van der Waals surface area contributed by atoms with Gasteiger partial charge in [-0.25, -0.2) is 0 Å². The van der Waals surface area contributed by atoms with Crippen LogP contribution in [0, 0.1) is 6.92 Å². The molecule has 7 heteroatoms. The molecule has 23 heavy (non-hydrogen) atoms. The molecule has 2 heterocycles. The van der Waals surface area contributed by atoms with Gasteiger partial charge in [-0.15, -0.1) is 5.10 Å². The van der Waals surface area contributed by atoms with E-state index >= 15 is 0 Å². The number of amides is 1. The zero-order valence-corrected chi connectivity index (χ0v) is 14.2. The van der Waals surface area contributed by atoms with Crippen LogP contribution in [-0.4, -0.2) is 58.6 Å². The Balaban J connectivity index is 1.56. The Labute approximate surface area is 139 Å². The molecule has 0 unspecified atom stereocenters. The summed E-state index contributed by atoms with van der Waals surface area (Å²) in [5.41, 5.74) is 1.95. The van der Waals surface area contributed by atoms with Crippen LogP contribution in [0.25, 0.3) is 0 Å². The smallest absolute Gasteiger partial charge is 0.267 e. The van der Waals surface area contributed by atoms with Gasteiger partial charge in [0.1, 0.15) is 10.6 Å². The molecule has 1 fully saturated rings. The SMILES string of the molecule is COc1cccc(CN2CCN(C(=O)c3snnc3C)CC2)c1. The van der Waals surface area contributed by atoms with Gasteiger partial charge in [-0.05, 0) is 36.2 Å². The predicted molar refractivity (Wildman–Crippen MR) is 88.8 cm³/mol. The zero-order chi connectivity index (χ0) is 16.2. The Morgan fingerprint density at radius 3 is 2.74 bits per heavy atom. The van der Waals surface area contributed by atoms with Crippen molar-refractivity contribution >= 4 is 17.4 Å². The summed E-state index contributed by atoms with van der Waals surface area (Å²) in [6.45, 7) is 5.92. The van der Waals surface area contributed by atoms with E-state index in [4.69, 9.17) is 4.74 Å². The lowest BCUT2D eigenvalue weighted by atomic mass is 10.2. The maximum atomic E-state index is 12.5. The van der Waals surface area contributed by atoms with Crippen molar-refractivity contribution in [2.24, 2.45) is 0 Å². The van der Waals surface area contributed by atoms with E-state index in [1.165, 1.54) is 17.1 Å². The van der Waals surface area contributed by atoms with Gasteiger partial charge >= 0.3 is 0 Å². The highest BCUT2D eigenvalue weighted by Crippen LogP contribution is 2.17. The molecule has 3 rings (SSSR count). The van der Waals surface area contributed by atoms with Crippen molar-refractivity contribution < 1.29 is 9.53 Å². The molecule has 0 N–H and O–H groups in total. The number of hydrogen-bond donors (Lipinski definition) is 0. The molecule has 0 atom stereocenters. The van der Waals surface area contributed by atoms with E-state index < -0.39 is 0 Å². The fourth-order valence-electron chi connectivity index (χ4n) is 2.71. The molecule has 1 aliphatic heterocycles. The lowest BCUT2D eigenvalue weighted by Crippen LogP contribution is -2.48. The predicted octanol–water partition coefficient (Wildman–Crippen LogP) is 1.81. The standard InChI is InChI=1S/C16H20N4O2S/c1-12-15(23-18-17-12)16(21)20-8-6-19(7-9-20)11-13-4-3-5-14(10-13)22-2/h3-5,10H,6-9,11H2,1-2H3. The van der Waals surface area contributed by atoms with Crippen LogP contribution in [0.4, 0.5) is 0 Å². The van der Waals surface area contributed by atoms with Crippen molar-refractivity contribution in [2.45, 2.75) is 13.5 Å². The van der Waals surface area contributed by atoms with Crippen LogP contribution >= 0.6 is 11.5 Å². The van der Waals surface area contributed by atoms with E-state index in [0.717, 1.165) is 44.2 Å². The lowest BCUT2D eigenvalue weighted by molar-refractivity contribution is 0.0632. The number of carbonyl (C=O) groups excluding carboxylic acids is 1. The summed E-state index contributed by atoms with van der Waals surface area (Å²) in [4.78, 5) is 17.4. The Morgan fingerprint density at radius 1 is 1.30 bits per heavy atom. The number of piperazine rings is 1. The molecule has 1 amide bonds. The monoisotopic (exact) mass is 332 g/mol. The lowest BCUT2D eigenvalue weighted by Gasteiger charge is -2.34. The Bertz CT molecular complexity index is 680. The third-order valence-electron chi connectivity index (χ3n) is 4.05. The number of carbonyl (C=O) groups is 1. The topological polar surface area (TPSA) is 58.6 Å². The van der Waals surface area contributed by atoms with Gasteiger partial charge in [-0.1, -0.05) is 16.6 Å². The molecule has 0 aliphatic carbocycles. The minimum Gasteiger partial charge on any atom is -0.497 e. The van der Waals surface area contributed by atoms with Crippen molar-refractivity contribution in [3.63, 3.8) is 0 Å². The number of aryl methyl sites for hydroxylation is 1. The van der Waals surface area contributed by atoms with Crippen molar-refractivity contribution in [1.82, 2.24) is 19.4 Å². The minimum atomic E-state index is 0.0542. The largest absolute Gasteiger partial charge is 0.497 e. The third kappa shape index (κ3) is 3.68. The van der Waals surface area contributed by atoms with E-state index in [1.54, 1.807) is 7.11 Å². The second kappa shape index (κ2) is 7.06. The molecule has 6 nitrogen and oxygen atoms in total. The van der Waals surface area contributed by atoms with Crippen molar-refractivity contribution in [3.05, 3.63) is 40.4 Å². The normalized spacial score (nSPS) is 15.7. The van der Waals surface area contributed by atoms with E-state index in [9.17, 15) is 4.79 Å². The summed E-state index contributed by atoms with van der Waals surface area (Å²) < 4.78 is 9.11. The third-order valence-corrected chi connectivity index (χ3v) is 4.86. The number of nitrogens with zero attached hydrogens (tertiary/aromatic N) is 4. The molecular formula is C16H20N4O2S. The first-order valence-electron chi connectivity index (χ1n) is 7.61. The molecule has 1 aliphatic rings. The fraction of sp³-hybridized carbons (Fsp3) is 0.438. The molecule has 0 radical (unpaired) electrons. The van der Waals surface area contributed by atoms with Crippen LogP contribution in [-0.2, 0) is 6.54 Å². The second-order valence-electron chi connectivity index (χ2n) is 5.61.